The highest BCUT2D eigenvalue weighted by atomic mass is 19.1. The number of aliphatic hydroxyl groups is 1. The fourth-order valence-corrected chi connectivity index (χ4v) is 3.17. The number of aryl methyl sites for hydroxylation is 1. The molecule has 0 aliphatic carbocycles. The van der Waals surface area contributed by atoms with Gasteiger partial charge in [0.15, 0.2) is 0 Å². The van der Waals surface area contributed by atoms with Gasteiger partial charge in [-0.2, -0.15) is 0 Å². The van der Waals surface area contributed by atoms with Gasteiger partial charge in [-0.15, -0.1) is 0 Å². The third kappa shape index (κ3) is 3.00. The monoisotopic (exact) mass is 312 g/mol. The maximum Gasteiger partial charge on any atom is 0.123 e. The summed E-state index contributed by atoms with van der Waals surface area (Å²) in [5.74, 6) is -0.245. The minimum atomic E-state index is -0.595. The molecule has 4 heteroatoms. The number of nitrogens with zero attached hydrogens (tertiary/aromatic N) is 1. The average Bonchev–Trinajstić information content (AvgIpc) is 2.85. The van der Waals surface area contributed by atoms with Crippen LogP contribution in [0.1, 0.15) is 17.2 Å². The molecular weight excluding hydrogens is 291 g/mol. The Morgan fingerprint density at radius 3 is 2.61 bits per heavy atom. The molecule has 0 spiro atoms. The Balaban J connectivity index is 2.17. The fourth-order valence-electron chi connectivity index (χ4n) is 3.17. The summed E-state index contributed by atoms with van der Waals surface area (Å²) in [6, 6.07) is 14.5. The molecule has 0 fully saturated rings. The molecule has 2 atom stereocenters. The number of benzene rings is 2. The Morgan fingerprint density at radius 2 is 1.91 bits per heavy atom. The van der Waals surface area contributed by atoms with Crippen molar-refractivity contribution in [3.05, 3.63) is 71.7 Å². The lowest BCUT2D eigenvalue weighted by atomic mass is 10.0. The molecule has 0 radical (unpaired) electrons. The van der Waals surface area contributed by atoms with Gasteiger partial charge in [0.05, 0.1) is 12.1 Å². The number of aliphatic hydroxyl groups excluding tert-OH is 1. The SMILES string of the molecule is CNC[C@@H](O)[C@H](c1ccccc1)n1cc(C)c2cc(F)ccc21. The number of rotatable bonds is 5. The Labute approximate surface area is 135 Å². The zero-order valence-electron chi connectivity index (χ0n) is 13.3. The minimum Gasteiger partial charge on any atom is -0.389 e. The number of hydrogen-bond donors (Lipinski definition) is 2. The third-order valence-corrected chi connectivity index (χ3v) is 4.21. The van der Waals surface area contributed by atoms with Crippen molar-refractivity contribution >= 4 is 10.9 Å². The molecule has 3 rings (SSSR count). The van der Waals surface area contributed by atoms with E-state index in [9.17, 15) is 9.50 Å². The van der Waals surface area contributed by atoms with Gasteiger partial charge in [0.25, 0.3) is 0 Å². The van der Waals surface area contributed by atoms with Gasteiger partial charge < -0.3 is 15.0 Å². The van der Waals surface area contributed by atoms with Crippen molar-refractivity contribution in [3.63, 3.8) is 0 Å². The predicted octanol–water partition coefficient (Wildman–Crippen LogP) is 3.26. The first kappa shape index (κ1) is 15.7. The number of aromatic nitrogens is 1. The van der Waals surface area contributed by atoms with E-state index in [0.29, 0.717) is 6.54 Å². The van der Waals surface area contributed by atoms with Gasteiger partial charge in [-0.1, -0.05) is 30.3 Å². The largest absolute Gasteiger partial charge is 0.389 e. The summed E-state index contributed by atoms with van der Waals surface area (Å²) in [5, 5.41) is 14.6. The molecule has 1 heterocycles. The van der Waals surface area contributed by atoms with Gasteiger partial charge in [-0.3, -0.25) is 0 Å². The van der Waals surface area contributed by atoms with Crippen LogP contribution in [0.2, 0.25) is 0 Å². The van der Waals surface area contributed by atoms with Crippen LogP contribution in [0.5, 0.6) is 0 Å². The van der Waals surface area contributed by atoms with Gasteiger partial charge in [0.2, 0.25) is 0 Å². The highest BCUT2D eigenvalue weighted by molar-refractivity contribution is 5.84. The molecule has 2 N–H and O–H groups in total. The van der Waals surface area contributed by atoms with E-state index < -0.39 is 6.10 Å². The Hall–Kier alpha value is -2.17. The van der Waals surface area contributed by atoms with Crippen LogP contribution in [0.25, 0.3) is 10.9 Å². The van der Waals surface area contributed by atoms with E-state index in [1.54, 1.807) is 12.1 Å². The van der Waals surface area contributed by atoms with E-state index in [0.717, 1.165) is 22.0 Å². The lowest BCUT2D eigenvalue weighted by Gasteiger charge is -2.26. The summed E-state index contributed by atoms with van der Waals surface area (Å²) in [6.45, 7) is 2.43. The van der Waals surface area contributed by atoms with Crippen LogP contribution in [-0.2, 0) is 0 Å². The Kier molecular flexibility index (Phi) is 4.46. The highest BCUT2D eigenvalue weighted by Crippen LogP contribution is 2.30. The average molecular weight is 312 g/mol. The molecule has 1 aromatic heterocycles. The third-order valence-electron chi connectivity index (χ3n) is 4.21. The van der Waals surface area contributed by atoms with Crippen LogP contribution in [0.4, 0.5) is 4.39 Å². The first-order chi connectivity index (χ1) is 11.1. The summed E-state index contributed by atoms with van der Waals surface area (Å²) < 4.78 is 15.6. The van der Waals surface area contributed by atoms with Gasteiger partial charge >= 0.3 is 0 Å². The summed E-state index contributed by atoms with van der Waals surface area (Å²) in [5.41, 5.74) is 2.95. The minimum absolute atomic E-state index is 0.231. The zero-order valence-corrected chi connectivity index (χ0v) is 13.3. The zero-order chi connectivity index (χ0) is 16.4. The molecule has 0 saturated carbocycles. The molecule has 0 aliphatic rings. The molecule has 3 nitrogen and oxygen atoms in total. The molecule has 0 bridgehead atoms. The van der Waals surface area contributed by atoms with E-state index in [2.05, 4.69) is 5.32 Å². The normalized spacial score (nSPS) is 14.1. The summed E-state index contributed by atoms with van der Waals surface area (Å²) >= 11 is 0. The molecule has 2 aromatic carbocycles. The van der Waals surface area contributed by atoms with E-state index in [1.165, 1.54) is 6.07 Å². The summed E-state index contributed by atoms with van der Waals surface area (Å²) in [6.07, 6.45) is 1.39. The van der Waals surface area contributed by atoms with E-state index in [-0.39, 0.29) is 11.9 Å². The number of fused-ring (bicyclic) bond motifs is 1. The molecule has 0 unspecified atom stereocenters. The maximum atomic E-state index is 13.6. The number of hydrogen-bond acceptors (Lipinski definition) is 2. The lowest BCUT2D eigenvalue weighted by molar-refractivity contribution is 0.132. The second-order valence-corrected chi connectivity index (χ2v) is 5.86. The Morgan fingerprint density at radius 1 is 1.17 bits per heavy atom. The fraction of sp³-hybridized carbons (Fsp3) is 0.263. The van der Waals surface area contributed by atoms with Gasteiger partial charge in [-0.25, -0.2) is 4.39 Å². The second kappa shape index (κ2) is 6.52. The highest BCUT2D eigenvalue weighted by Gasteiger charge is 2.24. The van der Waals surface area contributed by atoms with Crippen LogP contribution in [0.3, 0.4) is 0 Å². The number of halogens is 1. The molecule has 0 saturated heterocycles. The van der Waals surface area contributed by atoms with Crippen molar-refractivity contribution in [2.24, 2.45) is 0 Å². The van der Waals surface area contributed by atoms with Gasteiger partial charge in [0.1, 0.15) is 5.82 Å². The van der Waals surface area contributed by atoms with Crippen LogP contribution in [-0.4, -0.2) is 29.4 Å². The first-order valence-electron chi connectivity index (χ1n) is 7.76. The predicted molar refractivity (Wildman–Crippen MR) is 91.1 cm³/mol. The van der Waals surface area contributed by atoms with Crippen molar-refractivity contribution in [3.8, 4) is 0 Å². The van der Waals surface area contributed by atoms with Crippen molar-refractivity contribution in [1.29, 1.82) is 0 Å². The van der Waals surface area contributed by atoms with Crippen molar-refractivity contribution in [1.82, 2.24) is 9.88 Å². The van der Waals surface area contributed by atoms with Crippen molar-refractivity contribution in [2.75, 3.05) is 13.6 Å². The molecular formula is C19H21FN2O. The number of nitrogens with one attached hydrogen (secondary N) is 1. The van der Waals surface area contributed by atoms with Crippen LogP contribution in [0, 0.1) is 12.7 Å². The lowest BCUT2D eigenvalue weighted by Crippen LogP contribution is -2.33. The number of likely N-dealkylation sites (N-methyl/N-ethyl adjacent to an activating group) is 1. The van der Waals surface area contributed by atoms with Crippen LogP contribution in [0.15, 0.2) is 54.7 Å². The molecule has 0 amide bonds. The molecule has 3 aromatic rings. The standard InChI is InChI=1S/C19H21FN2O/c1-13-12-22(17-9-8-15(20)10-16(13)17)19(18(23)11-21-2)14-6-4-3-5-7-14/h3-10,12,18-19,21,23H,11H2,1-2H3/t18-,19+/m1/s1. The van der Waals surface area contributed by atoms with Crippen LogP contribution >= 0.6 is 0 Å². The van der Waals surface area contributed by atoms with Crippen molar-refractivity contribution in [2.45, 2.75) is 19.1 Å². The first-order valence-corrected chi connectivity index (χ1v) is 7.76. The molecule has 0 aliphatic heterocycles. The molecule has 23 heavy (non-hydrogen) atoms. The van der Waals surface area contributed by atoms with Crippen molar-refractivity contribution < 1.29 is 9.50 Å². The van der Waals surface area contributed by atoms with E-state index >= 15 is 0 Å². The van der Waals surface area contributed by atoms with Gasteiger partial charge in [-0.05, 0) is 43.3 Å². The van der Waals surface area contributed by atoms with Crippen LogP contribution < -0.4 is 5.32 Å². The second-order valence-electron chi connectivity index (χ2n) is 5.86. The smallest absolute Gasteiger partial charge is 0.123 e. The Bertz CT molecular complexity index is 798. The summed E-state index contributed by atoms with van der Waals surface area (Å²) in [7, 11) is 1.82. The van der Waals surface area contributed by atoms with Gasteiger partial charge in [0, 0.05) is 23.6 Å². The molecule has 120 valence electrons. The quantitative estimate of drug-likeness (QED) is 0.759. The maximum absolute atomic E-state index is 13.6. The topological polar surface area (TPSA) is 37.2 Å². The van der Waals surface area contributed by atoms with E-state index in [4.69, 9.17) is 0 Å². The van der Waals surface area contributed by atoms with E-state index in [1.807, 2.05) is 55.1 Å². The summed E-state index contributed by atoms with van der Waals surface area (Å²) in [4.78, 5) is 0.